The minimum atomic E-state index is -1.09. The first-order chi connectivity index (χ1) is 63.7. The number of esters is 6. The highest BCUT2D eigenvalue weighted by molar-refractivity contribution is 6.62. The van der Waals surface area contributed by atoms with Gasteiger partial charge in [-0.3, -0.25) is 62.5 Å². The first-order valence-corrected chi connectivity index (χ1v) is 42.7. The number of aromatic carboxylic acids is 2. The van der Waals surface area contributed by atoms with Crippen LogP contribution in [-0.4, -0.2) is 171 Å². The lowest BCUT2D eigenvalue weighted by Gasteiger charge is -2.67. The van der Waals surface area contributed by atoms with Gasteiger partial charge in [0.25, 0.3) is 0 Å². The van der Waals surface area contributed by atoms with E-state index < -0.39 is 90.2 Å². The van der Waals surface area contributed by atoms with Crippen LogP contribution in [0.5, 0.6) is 0 Å². The first kappa shape index (κ1) is 101. The summed E-state index contributed by atoms with van der Waals surface area (Å²) >= 11 is 0. The summed E-state index contributed by atoms with van der Waals surface area (Å²) in [5.74, 6) is -6.11. The molecule has 3 saturated carbocycles. The van der Waals surface area contributed by atoms with E-state index in [2.05, 4.69) is 65.3 Å². The van der Waals surface area contributed by atoms with Crippen LogP contribution in [0.3, 0.4) is 0 Å². The van der Waals surface area contributed by atoms with Crippen molar-refractivity contribution in [2.75, 3.05) is 20.3 Å². The number of Topliss-reactive ketones (excluding diaryl/α,β-unsaturated/α-hetero) is 1. The molecule has 3 aromatic carbocycles. The van der Waals surface area contributed by atoms with Crippen molar-refractivity contribution in [1.82, 2.24) is 68.8 Å². The average molecular weight is 1850 g/mol. The minimum absolute atomic E-state index is 0.00498. The smallest absolute Gasteiger partial charge is 0.478 e. The van der Waals surface area contributed by atoms with E-state index in [4.69, 9.17) is 42.8 Å². The molecule has 12 aromatic rings. The number of methoxy groups -OCH3 is 1. The lowest BCUT2D eigenvalue weighted by molar-refractivity contribution is -0.159. The molecule has 38 heteroatoms. The Morgan fingerprint density at radius 1 is 0.459 bits per heavy atom. The van der Waals surface area contributed by atoms with E-state index in [1.54, 1.807) is 217 Å². The Hall–Kier alpha value is -15.0. The van der Waals surface area contributed by atoms with Crippen LogP contribution in [-0.2, 0) is 107 Å². The lowest BCUT2D eigenvalue weighted by Crippen LogP contribution is -2.61. The highest BCUT2D eigenvalue weighted by Gasteiger charge is 2.68. The zero-order valence-electron chi connectivity index (χ0n) is 77.6. The largest absolute Gasteiger partial charge is 0.498 e. The van der Waals surface area contributed by atoms with Gasteiger partial charge in [0, 0.05) is 119 Å². The number of carbonyl (C=O) groups excluding carboxylic acids is 7. The Morgan fingerprint density at radius 3 is 1.13 bits per heavy atom. The molecule has 0 unspecified atom stereocenters. The number of benzene rings is 3. The van der Waals surface area contributed by atoms with E-state index in [1.807, 2.05) is 0 Å². The van der Waals surface area contributed by atoms with E-state index in [-0.39, 0.29) is 64.2 Å². The molecule has 4 aliphatic rings. The molecule has 135 heavy (non-hydrogen) atoms. The fourth-order valence-electron chi connectivity index (χ4n) is 15.2. The van der Waals surface area contributed by atoms with Crippen LogP contribution in [0.2, 0.25) is 0 Å². The normalized spacial score (nSPS) is 15.7. The third kappa shape index (κ3) is 26.1. The molecular formula is C97H103BF3N15O19. The maximum absolute atomic E-state index is 13.5. The van der Waals surface area contributed by atoms with E-state index in [1.165, 1.54) is 88.4 Å². The van der Waals surface area contributed by atoms with E-state index in [0.717, 1.165) is 19.3 Å². The van der Waals surface area contributed by atoms with Crippen molar-refractivity contribution in [3.8, 4) is 51.1 Å². The number of ether oxygens (including phenoxy) is 6. The maximum Gasteiger partial charge on any atom is 0.498 e. The van der Waals surface area contributed by atoms with Crippen LogP contribution in [0.25, 0.3) is 45.0 Å². The summed E-state index contributed by atoms with van der Waals surface area (Å²) in [7, 11) is 9.15. The molecule has 1 saturated heterocycles. The van der Waals surface area contributed by atoms with E-state index in [9.17, 15) is 66.7 Å². The van der Waals surface area contributed by atoms with Crippen LogP contribution < -0.4 is 5.46 Å². The van der Waals surface area contributed by atoms with Gasteiger partial charge in [-0.15, -0.1) is 0 Å². The van der Waals surface area contributed by atoms with Gasteiger partial charge in [0.05, 0.1) is 125 Å². The van der Waals surface area contributed by atoms with Crippen molar-refractivity contribution < 1.29 is 104 Å². The Kier molecular flexibility index (Phi) is 31.8. The predicted molar refractivity (Wildman–Crippen MR) is 483 cm³/mol. The molecule has 3 atom stereocenters. The molecule has 704 valence electrons. The monoisotopic (exact) mass is 1850 g/mol. The number of hydrogen-bond donors (Lipinski definition) is 2. The zero-order valence-corrected chi connectivity index (χ0v) is 77.6. The van der Waals surface area contributed by atoms with Crippen LogP contribution >= 0.6 is 0 Å². The number of halogens is 3. The molecule has 0 radical (unpaired) electrons. The average Bonchev–Trinajstić information content (AvgIpc) is 1.22. The Balaban J connectivity index is 0.000000165. The Bertz CT molecular complexity index is 6360. The fraction of sp³-hybridized carbons (Fsp3) is 0.351. The van der Waals surface area contributed by atoms with E-state index >= 15 is 0 Å². The number of aryl methyl sites for hydroxylation is 5. The van der Waals surface area contributed by atoms with Gasteiger partial charge in [0.1, 0.15) is 52.7 Å². The number of nitriles is 1. The third-order valence-corrected chi connectivity index (χ3v) is 21.9. The molecule has 0 amide bonds. The number of ketones is 1. The summed E-state index contributed by atoms with van der Waals surface area (Å²) in [5, 5.41) is 48.0. The molecule has 0 spiro atoms. The summed E-state index contributed by atoms with van der Waals surface area (Å²) in [5.41, 5.74) is 8.83. The highest BCUT2D eigenvalue weighted by atomic mass is 19.1. The predicted octanol–water partition coefficient (Wildman–Crippen LogP) is 14.4. The lowest BCUT2D eigenvalue weighted by atomic mass is 9.34. The molecule has 16 rings (SSSR count). The van der Waals surface area contributed by atoms with Crippen molar-refractivity contribution in [3.63, 3.8) is 0 Å². The molecule has 10 heterocycles. The second-order valence-electron chi connectivity index (χ2n) is 35.6. The topological polar surface area (TPSA) is 432 Å². The second kappa shape index (κ2) is 42.7. The van der Waals surface area contributed by atoms with Gasteiger partial charge in [-0.05, 0) is 189 Å². The molecule has 2 bridgehead atoms. The molecule has 3 aliphatic carbocycles. The molecule has 4 fully saturated rings. The summed E-state index contributed by atoms with van der Waals surface area (Å²) < 4.78 is 90.7. The standard InChI is InChI=1S/C27H25FN4O3.C24H26FN3O4.C20H18FN3O4.C15H17N3O4.C11H17BN2O4/c1-17(18-4-3-5-20(28)8-18)35-25(34)9-23-21(12-31-32(23)2)22-7-6-19(11-30-22)24(33)10-26-13-27(14-26,15-26)16-29;1-15(16-7-6-8-18(25)11-16)31-22(29)12-21-19(14-27-28(21)5)20-10-9-17(13-26-20)23(30)32-24(2,3)4;1-12(13-4-3-5-15(21)8-13)28-19(25)9-18-16(11-23-24(18)2)17-7-6-14(10-22-17)20(26)27;1-15(2,3)22-14(21)9-5-6-11(16-7-9)10-8-17-18(4)12(10)13(19)20;1-11(2)6-17-12(18-7-11)8-5-13-14(3)9(8)10(15)16-4/h3-8,11-12,17H,9-10,13-15H2,1-2H3;6-11,13-15H,12H2,1-5H3;3-8,10-12H,9H2,1-2H3,(H,26,27);5-8H,1-4H3,(H,19,20);5H,6-7H2,1-4H3/t17-,26?,27?;15-;12-;;/m111../s1. The van der Waals surface area contributed by atoms with Gasteiger partial charge in [-0.2, -0.15) is 30.8 Å². The van der Waals surface area contributed by atoms with Crippen LogP contribution in [0.4, 0.5) is 13.2 Å². The van der Waals surface area contributed by atoms with Gasteiger partial charge in [0.15, 0.2) is 11.5 Å². The van der Waals surface area contributed by atoms with Gasteiger partial charge in [-0.25, -0.2) is 37.1 Å². The second-order valence-corrected chi connectivity index (χ2v) is 35.6. The number of aromatic nitrogens is 14. The van der Waals surface area contributed by atoms with Crippen LogP contribution in [0.1, 0.15) is 216 Å². The molecule has 34 nitrogen and oxygen atoms in total. The van der Waals surface area contributed by atoms with Crippen molar-refractivity contribution >= 4 is 66.1 Å². The van der Waals surface area contributed by atoms with Gasteiger partial charge in [-0.1, -0.05) is 50.2 Å². The van der Waals surface area contributed by atoms with Crippen molar-refractivity contribution in [2.24, 2.45) is 51.5 Å². The van der Waals surface area contributed by atoms with Crippen molar-refractivity contribution in [2.45, 2.75) is 151 Å². The first-order valence-electron chi connectivity index (χ1n) is 42.7. The van der Waals surface area contributed by atoms with Gasteiger partial charge in [0.2, 0.25) is 0 Å². The summed E-state index contributed by atoms with van der Waals surface area (Å²) in [4.78, 5) is 125. The molecule has 1 aliphatic heterocycles. The van der Waals surface area contributed by atoms with Crippen molar-refractivity contribution in [1.29, 1.82) is 5.26 Å². The van der Waals surface area contributed by atoms with Gasteiger partial charge >= 0.3 is 54.9 Å². The number of carbonyl (C=O) groups is 9. The number of hydrogen-bond acceptors (Lipinski definition) is 27. The summed E-state index contributed by atoms with van der Waals surface area (Å²) in [6, 6.07) is 33.1. The Labute approximate surface area is 776 Å². The summed E-state index contributed by atoms with van der Waals surface area (Å²) in [6.45, 7) is 21.1. The maximum atomic E-state index is 13.5. The number of nitrogens with zero attached hydrogens (tertiary/aromatic N) is 15. The summed E-state index contributed by atoms with van der Waals surface area (Å²) in [6.07, 6.45) is 14.4. The molecular weight excluding hydrogens is 1750 g/mol. The Morgan fingerprint density at radius 2 is 0.800 bits per heavy atom. The number of pyridine rings is 4. The molecule has 9 aromatic heterocycles. The number of carboxylic acid groups (broad SMARTS) is 2. The highest BCUT2D eigenvalue weighted by Crippen LogP contribution is 2.74. The zero-order chi connectivity index (χ0) is 98.3. The van der Waals surface area contributed by atoms with E-state index in [0.29, 0.717) is 126 Å². The van der Waals surface area contributed by atoms with Gasteiger partial charge < -0.3 is 47.9 Å². The third-order valence-electron chi connectivity index (χ3n) is 21.9. The van der Waals surface area contributed by atoms with Crippen LogP contribution in [0.15, 0.2) is 177 Å². The quantitative estimate of drug-likeness (QED) is 0.0232. The number of rotatable bonds is 25. The SMILES string of the molecule is COC(=O)c1c(B2OCC(C)(C)CO2)cnn1C.C[C@@H](OC(=O)Cc1c(-c2ccc(C(=O)CC34CC(C#N)(C3)C4)cn2)cnn1C)c1cccc(F)c1.C[C@@H](OC(=O)Cc1c(-c2ccc(C(=O)O)cn2)cnn1C)c1cccc(F)c1.C[C@@H](OC(=O)Cc1c(-c2ccc(C(=O)OC(C)(C)C)cn2)cnn1C)c1cccc(F)c1.Cn1ncc(-c2ccc(C(=O)OC(C)(C)C)cn2)c1C(=O)O. The van der Waals surface area contributed by atoms with Crippen LogP contribution in [0, 0.1) is 45.0 Å². The minimum Gasteiger partial charge on any atom is -0.478 e. The molecule has 2 N–H and O–H groups in total. The number of carboxylic acids is 2. The van der Waals surface area contributed by atoms with Crippen molar-refractivity contribution in [3.05, 3.63) is 262 Å². The fourth-order valence-corrected chi connectivity index (χ4v) is 15.2.